The van der Waals surface area contributed by atoms with Gasteiger partial charge in [-0.3, -0.25) is 0 Å². The first-order chi connectivity index (χ1) is 10.8. The molecule has 0 aliphatic carbocycles. The number of ether oxygens (including phenoxy) is 2. The molecule has 4 heteroatoms. The van der Waals surface area contributed by atoms with Crippen LogP contribution in [0.4, 0.5) is 0 Å². The summed E-state index contributed by atoms with van der Waals surface area (Å²) in [7, 11) is 0. The average molecular weight is 341 g/mol. The topological polar surface area (TPSA) is 18.5 Å². The first kappa shape index (κ1) is 18.1. The maximum absolute atomic E-state index is 6.19. The van der Waals surface area contributed by atoms with Crippen molar-refractivity contribution >= 4 is 28.0 Å². The van der Waals surface area contributed by atoms with E-state index in [4.69, 9.17) is 9.47 Å². The van der Waals surface area contributed by atoms with Crippen LogP contribution in [0.5, 0.6) is 0 Å². The summed E-state index contributed by atoms with van der Waals surface area (Å²) in [6.07, 6.45) is 9.33. The van der Waals surface area contributed by atoms with Crippen molar-refractivity contribution in [3.05, 3.63) is 28.5 Å². The number of rotatable bonds is 11. The molecule has 2 heterocycles. The summed E-state index contributed by atoms with van der Waals surface area (Å²) in [6, 6.07) is 4.28. The average Bonchev–Trinajstić information content (AvgIpc) is 3.18. The van der Waals surface area contributed by atoms with Crippen molar-refractivity contribution in [1.29, 1.82) is 0 Å². The predicted molar refractivity (Wildman–Crippen MR) is 98.4 cm³/mol. The number of unbranched alkanes of at least 4 members (excludes halogenated alkanes) is 4. The highest BCUT2D eigenvalue weighted by molar-refractivity contribution is 8.08. The fraction of sp³-hybridized carbons (Fsp3) is 0.667. The highest BCUT2D eigenvalue weighted by Crippen LogP contribution is 2.43. The first-order valence-electron chi connectivity index (χ1n) is 8.47. The van der Waals surface area contributed by atoms with E-state index in [0.29, 0.717) is 0 Å². The maximum atomic E-state index is 6.19. The van der Waals surface area contributed by atoms with Gasteiger partial charge in [0.25, 0.3) is 0 Å². The van der Waals surface area contributed by atoms with E-state index in [9.17, 15) is 0 Å². The molecule has 0 saturated heterocycles. The lowest BCUT2D eigenvalue weighted by Gasteiger charge is -2.27. The van der Waals surface area contributed by atoms with Crippen LogP contribution in [-0.4, -0.2) is 24.8 Å². The van der Waals surface area contributed by atoms with E-state index in [1.807, 2.05) is 11.8 Å². The Morgan fingerprint density at radius 1 is 1.05 bits per heavy atom. The fourth-order valence-corrected chi connectivity index (χ4v) is 4.46. The molecule has 0 atom stereocenters. The fourth-order valence-electron chi connectivity index (χ4n) is 2.42. The van der Waals surface area contributed by atoms with E-state index in [1.165, 1.54) is 35.5 Å². The van der Waals surface area contributed by atoms with Crippen molar-refractivity contribution in [2.45, 2.75) is 58.2 Å². The maximum Gasteiger partial charge on any atom is 0.198 e. The Bertz CT molecular complexity index is 428. The first-order valence-corrected chi connectivity index (χ1v) is 10.3. The third-order valence-electron chi connectivity index (χ3n) is 3.73. The molecule has 0 N–H and O–H groups in total. The van der Waals surface area contributed by atoms with E-state index >= 15 is 0 Å². The zero-order valence-electron chi connectivity index (χ0n) is 13.8. The van der Waals surface area contributed by atoms with Gasteiger partial charge in [0.05, 0.1) is 19.0 Å². The van der Waals surface area contributed by atoms with E-state index in [-0.39, 0.29) is 0 Å². The van der Waals surface area contributed by atoms with Crippen molar-refractivity contribution in [2.75, 3.05) is 19.0 Å². The smallest absolute Gasteiger partial charge is 0.198 e. The zero-order valence-corrected chi connectivity index (χ0v) is 15.4. The SMILES string of the molecule is CCCCCOC1(OCCCCC)C=C(c2cccs2)SC1. The Balaban J connectivity index is 1.95. The van der Waals surface area contributed by atoms with Gasteiger partial charge in [0.2, 0.25) is 0 Å². The zero-order chi connectivity index (χ0) is 15.7. The Morgan fingerprint density at radius 2 is 1.73 bits per heavy atom. The van der Waals surface area contributed by atoms with Crippen molar-refractivity contribution < 1.29 is 9.47 Å². The molecule has 22 heavy (non-hydrogen) atoms. The molecule has 0 amide bonds. The predicted octanol–water partition coefficient (Wildman–Crippen LogP) is 5.95. The Labute approximate surface area is 143 Å². The van der Waals surface area contributed by atoms with Gasteiger partial charge >= 0.3 is 0 Å². The molecule has 0 aromatic carbocycles. The molecule has 2 nitrogen and oxygen atoms in total. The number of hydrogen-bond acceptors (Lipinski definition) is 4. The lowest BCUT2D eigenvalue weighted by atomic mass is 10.2. The largest absolute Gasteiger partial charge is 0.346 e. The summed E-state index contributed by atoms with van der Waals surface area (Å²) in [5.41, 5.74) is 0. The lowest BCUT2D eigenvalue weighted by molar-refractivity contribution is -0.188. The minimum atomic E-state index is -0.508. The van der Waals surface area contributed by atoms with Crippen LogP contribution in [0.25, 0.3) is 4.91 Å². The molecule has 124 valence electrons. The summed E-state index contributed by atoms with van der Waals surface area (Å²) in [6.45, 7) is 6.02. The van der Waals surface area contributed by atoms with Crippen LogP contribution in [0, 0.1) is 0 Å². The van der Waals surface area contributed by atoms with E-state index in [0.717, 1.165) is 31.8 Å². The van der Waals surface area contributed by atoms with Crippen molar-refractivity contribution in [3.8, 4) is 0 Å². The molecular formula is C18H28O2S2. The molecule has 2 rings (SSSR count). The van der Waals surface area contributed by atoms with Crippen LogP contribution in [0.15, 0.2) is 23.6 Å². The quantitative estimate of drug-likeness (QED) is 0.366. The minimum absolute atomic E-state index is 0.508. The molecule has 0 unspecified atom stereocenters. The van der Waals surface area contributed by atoms with Gasteiger partial charge in [0.1, 0.15) is 0 Å². The van der Waals surface area contributed by atoms with Crippen molar-refractivity contribution in [2.24, 2.45) is 0 Å². The van der Waals surface area contributed by atoms with Crippen molar-refractivity contribution in [1.82, 2.24) is 0 Å². The standard InChI is InChI=1S/C18H28O2S2/c1-3-5-7-11-19-18(20-12-8-6-4-2)14-17(22-15-18)16-10-9-13-21-16/h9-10,13-14H,3-8,11-12,15H2,1-2H3. The summed E-state index contributed by atoms with van der Waals surface area (Å²) in [5, 5.41) is 2.13. The second-order valence-electron chi connectivity index (χ2n) is 5.70. The molecule has 0 saturated carbocycles. The summed E-state index contributed by atoms with van der Waals surface area (Å²) in [5.74, 6) is 0.365. The number of thioether (sulfide) groups is 1. The van der Waals surface area contributed by atoms with Gasteiger partial charge in [-0.05, 0) is 30.4 Å². The highest BCUT2D eigenvalue weighted by atomic mass is 32.2. The monoisotopic (exact) mass is 340 g/mol. The van der Waals surface area contributed by atoms with E-state index in [2.05, 4.69) is 37.4 Å². The molecule has 0 bridgehead atoms. The van der Waals surface area contributed by atoms with Crippen LogP contribution in [-0.2, 0) is 9.47 Å². The molecule has 0 spiro atoms. The summed E-state index contributed by atoms with van der Waals surface area (Å²) >= 11 is 3.64. The van der Waals surface area contributed by atoms with Crippen LogP contribution in [0.3, 0.4) is 0 Å². The minimum Gasteiger partial charge on any atom is -0.346 e. The van der Waals surface area contributed by atoms with Gasteiger partial charge in [-0.2, -0.15) is 0 Å². The third-order valence-corrected chi connectivity index (χ3v) is 5.96. The Hall–Kier alpha value is -0.290. The summed E-state index contributed by atoms with van der Waals surface area (Å²) < 4.78 is 12.4. The van der Waals surface area contributed by atoms with Gasteiger partial charge in [0.15, 0.2) is 5.79 Å². The van der Waals surface area contributed by atoms with Crippen LogP contribution in [0.1, 0.15) is 57.2 Å². The number of hydrogen-bond donors (Lipinski definition) is 0. The third kappa shape index (κ3) is 5.41. The second-order valence-corrected chi connectivity index (χ2v) is 7.66. The Kier molecular flexibility index (Phi) is 8.01. The van der Waals surface area contributed by atoms with Gasteiger partial charge in [-0.25, -0.2) is 0 Å². The highest BCUT2D eigenvalue weighted by Gasteiger charge is 2.36. The van der Waals surface area contributed by atoms with Gasteiger partial charge in [-0.1, -0.05) is 45.6 Å². The molecule has 1 aromatic rings. The van der Waals surface area contributed by atoms with Crippen molar-refractivity contribution in [3.63, 3.8) is 0 Å². The summed E-state index contributed by atoms with van der Waals surface area (Å²) in [4.78, 5) is 2.63. The molecule has 0 radical (unpaired) electrons. The molecular weight excluding hydrogens is 312 g/mol. The van der Waals surface area contributed by atoms with Gasteiger partial charge < -0.3 is 9.47 Å². The second kappa shape index (κ2) is 9.76. The van der Waals surface area contributed by atoms with Gasteiger partial charge in [0, 0.05) is 9.78 Å². The van der Waals surface area contributed by atoms with Crippen LogP contribution in [0.2, 0.25) is 0 Å². The van der Waals surface area contributed by atoms with Crippen LogP contribution < -0.4 is 0 Å². The molecule has 1 aromatic heterocycles. The lowest BCUT2D eigenvalue weighted by Crippen LogP contribution is -2.35. The van der Waals surface area contributed by atoms with E-state index in [1.54, 1.807) is 11.3 Å². The number of thiophene rings is 1. The molecule has 1 aliphatic rings. The van der Waals surface area contributed by atoms with Crippen LogP contribution >= 0.6 is 23.1 Å². The normalized spacial score (nSPS) is 16.9. The molecule has 1 aliphatic heterocycles. The van der Waals surface area contributed by atoms with Gasteiger partial charge in [-0.15, -0.1) is 23.1 Å². The molecule has 0 fully saturated rings. The Morgan fingerprint density at radius 3 is 2.27 bits per heavy atom. The van der Waals surface area contributed by atoms with E-state index < -0.39 is 5.79 Å².